The van der Waals surface area contributed by atoms with Crippen molar-refractivity contribution in [2.75, 3.05) is 13.2 Å². The second-order valence-electron chi connectivity index (χ2n) is 6.67. The molecule has 5 nitrogen and oxygen atoms in total. The molecular formula is C21H19Cl2N3O2. The van der Waals surface area contributed by atoms with E-state index >= 15 is 0 Å². The molecule has 0 radical (unpaired) electrons. The quantitative estimate of drug-likeness (QED) is 0.676. The van der Waals surface area contributed by atoms with Gasteiger partial charge in [0.05, 0.1) is 28.9 Å². The zero-order valence-electron chi connectivity index (χ0n) is 15.1. The Labute approximate surface area is 173 Å². The van der Waals surface area contributed by atoms with Crippen LogP contribution in [0, 0.1) is 0 Å². The summed E-state index contributed by atoms with van der Waals surface area (Å²) in [5.74, 6) is -0.224. The predicted octanol–water partition coefficient (Wildman–Crippen LogP) is 4.28. The lowest BCUT2D eigenvalue weighted by Gasteiger charge is -2.22. The number of rotatable bonds is 5. The van der Waals surface area contributed by atoms with Crippen molar-refractivity contribution in [2.24, 2.45) is 0 Å². The molecule has 0 bridgehead atoms. The molecular weight excluding hydrogens is 397 g/mol. The number of fused-ring (bicyclic) bond motifs is 1. The lowest BCUT2D eigenvalue weighted by molar-refractivity contribution is 0.0383. The van der Waals surface area contributed by atoms with Crippen molar-refractivity contribution >= 4 is 29.1 Å². The van der Waals surface area contributed by atoms with Crippen molar-refractivity contribution in [3.05, 3.63) is 87.2 Å². The summed E-state index contributed by atoms with van der Waals surface area (Å²) in [6, 6.07) is 15.0. The van der Waals surface area contributed by atoms with Gasteiger partial charge in [0.25, 0.3) is 5.91 Å². The van der Waals surface area contributed by atoms with Crippen LogP contribution < -0.4 is 5.32 Å². The molecule has 1 N–H and O–H groups in total. The molecule has 2 aromatic carbocycles. The molecule has 144 valence electrons. The van der Waals surface area contributed by atoms with E-state index in [0.29, 0.717) is 35.3 Å². The molecule has 0 saturated heterocycles. The minimum Gasteiger partial charge on any atom is -0.370 e. The molecule has 1 amide bonds. The molecule has 0 unspecified atom stereocenters. The number of carbonyl (C=O) groups excluding carboxylic acids is 1. The van der Waals surface area contributed by atoms with E-state index in [1.54, 1.807) is 18.2 Å². The van der Waals surface area contributed by atoms with Crippen LogP contribution in [0.5, 0.6) is 0 Å². The normalized spacial score (nSPS) is 15.9. The Bertz CT molecular complexity index is 989. The van der Waals surface area contributed by atoms with Crippen LogP contribution in [0.2, 0.25) is 10.0 Å². The van der Waals surface area contributed by atoms with Crippen LogP contribution in [0.4, 0.5) is 0 Å². The first kappa shape index (κ1) is 19.0. The Morgan fingerprint density at radius 1 is 1.18 bits per heavy atom. The topological polar surface area (TPSA) is 56.1 Å². The molecule has 1 aliphatic rings. The highest BCUT2D eigenvalue weighted by molar-refractivity contribution is 6.42. The molecule has 4 rings (SSSR count). The van der Waals surface area contributed by atoms with E-state index in [9.17, 15) is 4.79 Å². The summed E-state index contributed by atoms with van der Waals surface area (Å²) in [5.41, 5.74) is 3.69. The molecule has 7 heteroatoms. The van der Waals surface area contributed by atoms with Gasteiger partial charge < -0.3 is 10.1 Å². The summed E-state index contributed by atoms with van der Waals surface area (Å²) >= 11 is 11.9. The highest BCUT2D eigenvalue weighted by atomic mass is 35.5. The number of halogens is 2. The summed E-state index contributed by atoms with van der Waals surface area (Å²) in [6.45, 7) is 1.65. The lowest BCUT2D eigenvalue weighted by atomic mass is 10.1. The Hall–Kier alpha value is -2.34. The summed E-state index contributed by atoms with van der Waals surface area (Å²) in [6.07, 6.45) is 2.62. The Morgan fingerprint density at radius 3 is 2.79 bits per heavy atom. The molecule has 0 fully saturated rings. The number of ether oxygens (including phenoxy) is 1. The Balaban J connectivity index is 1.44. The second kappa shape index (κ2) is 8.35. The molecule has 0 saturated carbocycles. The number of nitrogens with one attached hydrogen (secondary N) is 1. The molecule has 1 aliphatic heterocycles. The van der Waals surface area contributed by atoms with Gasteiger partial charge in [-0.25, -0.2) is 0 Å². The Morgan fingerprint density at radius 2 is 2.00 bits per heavy atom. The number of aromatic nitrogens is 2. The average Bonchev–Trinajstić information content (AvgIpc) is 3.12. The highest BCUT2D eigenvalue weighted by Gasteiger charge is 2.25. The highest BCUT2D eigenvalue weighted by Crippen LogP contribution is 2.26. The van der Waals surface area contributed by atoms with E-state index in [1.807, 2.05) is 22.9 Å². The van der Waals surface area contributed by atoms with Crippen LogP contribution >= 0.6 is 23.2 Å². The van der Waals surface area contributed by atoms with Gasteiger partial charge in [0.1, 0.15) is 6.10 Å². The largest absolute Gasteiger partial charge is 0.370 e. The van der Waals surface area contributed by atoms with Gasteiger partial charge in [0.15, 0.2) is 0 Å². The van der Waals surface area contributed by atoms with Crippen LogP contribution in [0.3, 0.4) is 0 Å². The SMILES string of the molecule is O=C(NC[C@@H]1OCCc2cn(Cc3ccccc3)nc21)c1ccc(Cl)c(Cl)c1. The first-order valence-corrected chi connectivity index (χ1v) is 9.81. The van der Waals surface area contributed by atoms with Crippen LogP contribution in [0.15, 0.2) is 54.7 Å². The van der Waals surface area contributed by atoms with Gasteiger partial charge in [-0.2, -0.15) is 5.10 Å². The predicted molar refractivity (Wildman–Crippen MR) is 109 cm³/mol. The molecule has 3 aromatic rings. The standard InChI is InChI=1S/C21H19Cl2N3O2/c22-17-7-6-15(10-18(17)23)21(27)24-11-19-20-16(8-9-28-19)13-26(25-20)12-14-4-2-1-3-5-14/h1-7,10,13,19H,8-9,11-12H2,(H,24,27)/t19-/m0/s1. The third-order valence-corrected chi connectivity index (χ3v) is 5.42. The fourth-order valence-electron chi connectivity index (χ4n) is 3.26. The summed E-state index contributed by atoms with van der Waals surface area (Å²) in [5, 5.41) is 8.38. The fourth-order valence-corrected chi connectivity index (χ4v) is 3.56. The maximum absolute atomic E-state index is 12.4. The number of benzene rings is 2. The van der Waals surface area contributed by atoms with Gasteiger partial charge >= 0.3 is 0 Å². The second-order valence-corrected chi connectivity index (χ2v) is 7.49. The molecule has 1 aromatic heterocycles. The number of hydrogen-bond donors (Lipinski definition) is 1. The molecule has 0 spiro atoms. The molecule has 28 heavy (non-hydrogen) atoms. The first-order valence-electron chi connectivity index (χ1n) is 9.05. The van der Waals surface area contributed by atoms with E-state index in [-0.39, 0.29) is 12.0 Å². The van der Waals surface area contributed by atoms with Gasteiger partial charge in [-0.1, -0.05) is 53.5 Å². The lowest BCUT2D eigenvalue weighted by Crippen LogP contribution is -2.31. The molecule has 1 atom stereocenters. The van der Waals surface area contributed by atoms with Gasteiger partial charge in [-0.3, -0.25) is 9.48 Å². The van der Waals surface area contributed by atoms with Crippen molar-refractivity contribution in [2.45, 2.75) is 19.1 Å². The van der Waals surface area contributed by atoms with Crippen molar-refractivity contribution in [1.82, 2.24) is 15.1 Å². The summed E-state index contributed by atoms with van der Waals surface area (Å²) < 4.78 is 7.79. The Kier molecular flexibility index (Phi) is 5.67. The van der Waals surface area contributed by atoms with E-state index < -0.39 is 0 Å². The summed E-state index contributed by atoms with van der Waals surface area (Å²) in [4.78, 5) is 12.4. The van der Waals surface area contributed by atoms with Gasteiger partial charge in [0, 0.05) is 18.3 Å². The third kappa shape index (κ3) is 4.22. The number of nitrogens with zero attached hydrogens (tertiary/aromatic N) is 2. The molecule has 0 aliphatic carbocycles. The van der Waals surface area contributed by atoms with Crippen LogP contribution in [0.1, 0.15) is 33.3 Å². The number of carbonyl (C=O) groups is 1. The van der Waals surface area contributed by atoms with Crippen LogP contribution in [-0.4, -0.2) is 28.8 Å². The zero-order valence-corrected chi connectivity index (χ0v) is 16.6. The average molecular weight is 416 g/mol. The summed E-state index contributed by atoms with van der Waals surface area (Å²) in [7, 11) is 0. The van der Waals surface area contributed by atoms with E-state index in [2.05, 4.69) is 23.6 Å². The van der Waals surface area contributed by atoms with Crippen molar-refractivity contribution in [3.63, 3.8) is 0 Å². The van der Waals surface area contributed by atoms with Crippen molar-refractivity contribution in [1.29, 1.82) is 0 Å². The number of hydrogen-bond acceptors (Lipinski definition) is 3. The minimum absolute atomic E-state index is 0.224. The zero-order chi connectivity index (χ0) is 19.5. The van der Waals surface area contributed by atoms with Crippen molar-refractivity contribution in [3.8, 4) is 0 Å². The van der Waals surface area contributed by atoms with Gasteiger partial charge in [-0.15, -0.1) is 0 Å². The van der Waals surface area contributed by atoms with Crippen LogP contribution in [-0.2, 0) is 17.7 Å². The molecule has 2 heterocycles. The van der Waals surface area contributed by atoms with Gasteiger partial charge in [-0.05, 0) is 35.7 Å². The van der Waals surface area contributed by atoms with Crippen LogP contribution in [0.25, 0.3) is 0 Å². The monoisotopic (exact) mass is 415 g/mol. The third-order valence-electron chi connectivity index (χ3n) is 4.68. The smallest absolute Gasteiger partial charge is 0.251 e. The van der Waals surface area contributed by atoms with Crippen molar-refractivity contribution < 1.29 is 9.53 Å². The maximum atomic E-state index is 12.4. The maximum Gasteiger partial charge on any atom is 0.251 e. The van der Waals surface area contributed by atoms with E-state index in [1.165, 1.54) is 5.56 Å². The van der Waals surface area contributed by atoms with Gasteiger partial charge in [0.2, 0.25) is 0 Å². The van der Waals surface area contributed by atoms with E-state index in [4.69, 9.17) is 33.0 Å². The number of amides is 1. The first-order chi connectivity index (χ1) is 13.6. The minimum atomic E-state index is -0.271. The van der Waals surface area contributed by atoms with E-state index in [0.717, 1.165) is 17.7 Å². The fraction of sp³-hybridized carbons (Fsp3) is 0.238.